The summed E-state index contributed by atoms with van der Waals surface area (Å²) in [7, 11) is 4.07. The highest BCUT2D eigenvalue weighted by Crippen LogP contribution is 2.37. The topological polar surface area (TPSA) is 93.7 Å². The Morgan fingerprint density at radius 3 is 2.50 bits per heavy atom. The van der Waals surface area contributed by atoms with Crippen molar-refractivity contribution < 1.29 is 24.1 Å². The number of H-pyrrole nitrogens is 1. The van der Waals surface area contributed by atoms with E-state index < -0.39 is 5.97 Å². The molecule has 2 N–H and O–H groups in total. The monoisotopic (exact) mass is 252 g/mol. The molecule has 2 rings (SSSR count). The molecule has 18 heavy (non-hydrogen) atoms. The molecule has 0 aliphatic heterocycles. The zero-order valence-electron chi connectivity index (χ0n) is 10.1. The van der Waals surface area contributed by atoms with E-state index in [1.165, 1.54) is 27.4 Å². The normalized spacial score (nSPS) is 10.4. The van der Waals surface area contributed by atoms with Gasteiger partial charge in [0.2, 0.25) is 5.88 Å². The lowest BCUT2D eigenvalue weighted by Gasteiger charge is -2.06. The lowest BCUT2D eigenvalue weighted by atomic mass is 10.2. The number of hydrogen-bond acceptors (Lipinski definition) is 6. The number of pyridine rings is 1. The zero-order valence-corrected chi connectivity index (χ0v) is 10.1. The van der Waals surface area contributed by atoms with Crippen molar-refractivity contribution in [2.75, 3.05) is 21.3 Å². The van der Waals surface area contributed by atoms with Crippen molar-refractivity contribution in [2.45, 2.75) is 0 Å². The molecule has 7 heteroatoms. The zero-order chi connectivity index (χ0) is 13.3. The summed E-state index contributed by atoms with van der Waals surface area (Å²) in [5.74, 6) is -0.476. The number of aromatic nitrogens is 2. The van der Waals surface area contributed by atoms with Crippen molar-refractivity contribution in [2.24, 2.45) is 0 Å². The van der Waals surface area contributed by atoms with Crippen molar-refractivity contribution >= 4 is 16.9 Å². The number of hydrogen-bond donors (Lipinski definition) is 2. The average molecular weight is 252 g/mol. The van der Waals surface area contributed by atoms with Gasteiger partial charge in [-0.05, 0) is 6.07 Å². The van der Waals surface area contributed by atoms with Gasteiger partial charge in [0, 0.05) is 0 Å². The Hall–Kier alpha value is -2.44. The molecular formula is C11H12N2O5. The highest BCUT2D eigenvalue weighted by molar-refractivity contribution is 5.99. The first-order chi connectivity index (χ1) is 8.62. The molecule has 0 aliphatic carbocycles. The lowest BCUT2D eigenvalue weighted by molar-refractivity contribution is 0.0595. The number of nitrogens with one attached hydrogen (secondary N) is 1. The van der Waals surface area contributed by atoms with Crippen LogP contribution in [0.25, 0.3) is 10.9 Å². The highest BCUT2D eigenvalue weighted by Gasteiger charge is 2.19. The van der Waals surface area contributed by atoms with Crippen LogP contribution in [0.3, 0.4) is 0 Å². The number of esters is 1. The second-order valence-corrected chi connectivity index (χ2v) is 3.44. The van der Waals surface area contributed by atoms with Gasteiger partial charge in [-0.15, -0.1) is 0 Å². The van der Waals surface area contributed by atoms with Gasteiger partial charge >= 0.3 is 5.97 Å². The molecule has 0 saturated heterocycles. The van der Waals surface area contributed by atoms with Crippen LogP contribution in [0.4, 0.5) is 0 Å². The quantitative estimate of drug-likeness (QED) is 0.794. The van der Waals surface area contributed by atoms with Crippen LogP contribution in [0.15, 0.2) is 6.07 Å². The Balaban J connectivity index is 2.73. The molecule has 96 valence electrons. The molecule has 0 saturated carbocycles. The SMILES string of the molecule is COC(=O)c1cc2c(O)c(OC)nc(OC)c2[nH]1. The van der Waals surface area contributed by atoms with Gasteiger partial charge < -0.3 is 24.3 Å². The summed E-state index contributed by atoms with van der Waals surface area (Å²) in [6, 6.07) is 1.45. The number of aromatic amines is 1. The van der Waals surface area contributed by atoms with Crippen LogP contribution in [0, 0.1) is 0 Å². The third-order valence-corrected chi connectivity index (χ3v) is 2.48. The number of nitrogens with zero attached hydrogens (tertiary/aromatic N) is 1. The second-order valence-electron chi connectivity index (χ2n) is 3.44. The van der Waals surface area contributed by atoms with E-state index in [4.69, 9.17) is 9.47 Å². The maximum atomic E-state index is 11.4. The molecule has 2 heterocycles. The summed E-state index contributed by atoms with van der Waals surface area (Å²) in [4.78, 5) is 18.2. The minimum Gasteiger partial charge on any atom is -0.503 e. The Labute approximate surface area is 102 Å². The predicted molar refractivity (Wildman–Crippen MR) is 62.2 cm³/mol. The fourth-order valence-corrected chi connectivity index (χ4v) is 1.64. The lowest BCUT2D eigenvalue weighted by Crippen LogP contribution is -2.00. The number of carbonyl (C=O) groups is 1. The predicted octanol–water partition coefficient (Wildman–Crippen LogP) is 1.07. The summed E-state index contributed by atoms with van der Waals surface area (Å²) in [5, 5.41) is 10.3. The van der Waals surface area contributed by atoms with Crippen molar-refractivity contribution in [1.82, 2.24) is 9.97 Å². The third-order valence-electron chi connectivity index (χ3n) is 2.48. The van der Waals surface area contributed by atoms with Gasteiger partial charge in [0.25, 0.3) is 5.88 Å². The largest absolute Gasteiger partial charge is 0.503 e. The van der Waals surface area contributed by atoms with Gasteiger partial charge in [-0.25, -0.2) is 4.79 Å². The Morgan fingerprint density at radius 1 is 1.28 bits per heavy atom. The van der Waals surface area contributed by atoms with Gasteiger partial charge in [-0.1, -0.05) is 0 Å². The van der Waals surface area contributed by atoms with Gasteiger partial charge in [0.05, 0.1) is 26.7 Å². The first kappa shape index (κ1) is 12.0. The van der Waals surface area contributed by atoms with E-state index in [0.29, 0.717) is 10.9 Å². The fourth-order valence-electron chi connectivity index (χ4n) is 1.64. The molecule has 0 amide bonds. The molecule has 0 aromatic carbocycles. The smallest absolute Gasteiger partial charge is 0.354 e. The number of fused-ring (bicyclic) bond motifs is 1. The van der Waals surface area contributed by atoms with Gasteiger partial charge in [-0.3, -0.25) is 0 Å². The molecule has 0 bridgehead atoms. The number of methoxy groups -OCH3 is 3. The minimum absolute atomic E-state index is 0.0229. The van der Waals surface area contributed by atoms with E-state index >= 15 is 0 Å². The molecule has 0 fully saturated rings. The summed E-state index contributed by atoms with van der Waals surface area (Å²) in [5.41, 5.74) is 0.590. The van der Waals surface area contributed by atoms with Crippen LogP contribution in [0.2, 0.25) is 0 Å². The number of carbonyl (C=O) groups excluding carboxylic acids is 1. The maximum Gasteiger partial charge on any atom is 0.354 e. The molecule has 0 aliphatic rings. The molecule has 7 nitrogen and oxygen atoms in total. The first-order valence-electron chi connectivity index (χ1n) is 5.04. The fraction of sp³-hybridized carbons (Fsp3) is 0.273. The van der Waals surface area contributed by atoms with E-state index in [9.17, 15) is 9.90 Å². The van der Waals surface area contributed by atoms with Crippen LogP contribution in [-0.4, -0.2) is 42.4 Å². The second kappa shape index (κ2) is 4.44. The van der Waals surface area contributed by atoms with E-state index in [0.717, 1.165) is 0 Å². The molecular weight excluding hydrogens is 240 g/mol. The molecule has 0 radical (unpaired) electrons. The van der Waals surface area contributed by atoms with E-state index in [1.807, 2.05) is 0 Å². The van der Waals surface area contributed by atoms with Crippen LogP contribution < -0.4 is 9.47 Å². The Morgan fingerprint density at radius 2 is 1.94 bits per heavy atom. The average Bonchev–Trinajstić information content (AvgIpc) is 2.84. The van der Waals surface area contributed by atoms with Crippen LogP contribution in [-0.2, 0) is 4.74 Å². The van der Waals surface area contributed by atoms with Crippen molar-refractivity contribution in [3.05, 3.63) is 11.8 Å². The molecule has 2 aromatic heterocycles. The summed E-state index contributed by atoms with van der Waals surface area (Å²) < 4.78 is 14.6. The van der Waals surface area contributed by atoms with Crippen molar-refractivity contribution in [1.29, 1.82) is 0 Å². The number of aromatic hydroxyl groups is 1. The number of ether oxygens (including phenoxy) is 3. The highest BCUT2D eigenvalue weighted by atomic mass is 16.5. The molecule has 0 spiro atoms. The summed E-state index contributed by atoms with van der Waals surface area (Å²) >= 11 is 0. The Kier molecular flexibility index (Phi) is 2.97. The standard InChI is InChI=1S/C11H12N2O5/c1-16-9-7-5(8(14)10(13-9)17-2)4-6(12-7)11(15)18-3/h4,12,14H,1-3H3. The summed E-state index contributed by atoms with van der Waals surface area (Å²) in [6.07, 6.45) is 0. The van der Waals surface area contributed by atoms with Crippen molar-refractivity contribution in [3.8, 4) is 17.5 Å². The van der Waals surface area contributed by atoms with E-state index in [-0.39, 0.29) is 23.2 Å². The van der Waals surface area contributed by atoms with E-state index in [1.54, 1.807) is 0 Å². The molecule has 0 atom stereocenters. The molecule has 0 unspecified atom stereocenters. The summed E-state index contributed by atoms with van der Waals surface area (Å²) in [6.45, 7) is 0. The van der Waals surface area contributed by atoms with Crippen LogP contribution in [0.5, 0.6) is 17.5 Å². The molecule has 2 aromatic rings. The van der Waals surface area contributed by atoms with Crippen molar-refractivity contribution in [3.63, 3.8) is 0 Å². The van der Waals surface area contributed by atoms with E-state index in [2.05, 4.69) is 14.7 Å². The third kappa shape index (κ3) is 1.69. The van der Waals surface area contributed by atoms with Gasteiger partial charge in [-0.2, -0.15) is 4.98 Å². The van der Waals surface area contributed by atoms with Crippen LogP contribution >= 0.6 is 0 Å². The number of rotatable bonds is 3. The first-order valence-corrected chi connectivity index (χ1v) is 5.04. The van der Waals surface area contributed by atoms with Gasteiger partial charge in [0.15, 0.2) is 5.75 Å². The minimum atomic E-state index is -0.549. The Bertz CT molecular complexity index is 605. The van der Waals surface area contributed by atoms with Gasteiger partial charge in [0.1, 0.15) is 11.2 Å². The maximum absolute atomic E-state index is 11.4. The van der Waals surface area contributed by atoms with Crippen LogP contribution in [0.1, 0.15) is 10.5 Å².